The summed E-state index contributed by atoms with van der Waals surface area (Å²) in [6.45, 7) is 2.07. The number of nitrogens with zero attached hydrogens (tertiary/aromatic N) is 4. The zero-order valence-electron chi connectivity index (χ0n) is 12.5. The Kier molecular flexibility index (Phi) is 3.97. The van der Waals surface area contributed by atoms with Crippen molar-refractivity contribution in [2.24, 2.45) is 0 Å². The minimum Gasteiger partial charge on any atom is -0.339 e. The maximum Gasteiger partial charge on any atom is 0.171 e. The van der Waals surface area contributed by atoms with E-state index in [1.807, 2.05) is 16.6 Å². The molecule has 3 aromatic rings. The Labute approximate surface area is 142 Å². The molecule has 1 fully saturated rings. The van der Waals surface area contributed by atoms with E-state index in [0.717, 1.165) is 46.8 Å². The number of aromatic nitrogens is 4. The van der Waals surface area contributed by atoms with Gasteiger partial charge in [-0.05, 0) is 47.4 Å². The average molecular weight is 373 g/mol. The van der Waals surface area contributed by atoms with E-state index in [2.05, 4.69) is 42.7 Å². The van der Waals surface area contributed by atoms with Gasteiger partial charge in [-0.25, -0.2) is 4.98 Å². The van der Waals surface area contributed by atoms with Gasteiger partial charge < -0.3 is 10.6 Å². The Bertz CT molecular complexity index is 810. The summed E-state index contributed by atoms with van der Waals surface area (Å²) >= 11 is 3.54. The van der Waals surface area contributed by atoms with Gasteiger partial charge in [0.05, 0.1) is 28.2 Å². The predicted octanol–water partition coefficient (Wildman–Crippen LogP) is 3.10. The lowest BCUT2D eigenvalue weighted by Gasteiger charge is -2.23. The Morgan fingerprint density at radius 2 is 2.30 bits per heavy atom. The van der Waals surface area contributed by atoms with E-state index >= 15 is 0 Å². The Balaban J connectivity index is 1.78. The number of halogens is 1. The summed E-state index contributed by atoms with van der Waals surface area (Å²) in [6, 6.07) is 5.99. The molecule has 1 saturated heterocycles. The molecule has 4 heterocycles. The first-order valence-electron chi connectivity index (χ1n) is 7.73. The summed E-state index contributed by atoms with van der Waals surface area (Å²) in [7, 11) is 0. The molecule has 3 aromatic heterocycles. The van der Waals surface area contributed by atoms with Gasteiger partial charge in [-0.3, -0.25) is 4.98 Å². The maximum atomic E-state index is 4.82. The second-order valence-electron chi connectivity index (χ2n) is 5.70. The highest BCUT2D eigenvalue weighted by Crippen LogP contribution is 2.28. The molecule has 0 bridgehead atoms. The van der Waals surface area contributed by atoms with Crippen LogP contribution < -0.4 is 10.6 Å². The molecule has 0 radical (unpaired) electrons. The zero-order chi connectivity index (χ0) is 15.6. The van der Waals surface area contributed by atoms with Crippen LogP contribution in [0.1, 0.15) is 24.5 Å². The van der Waals surface area contributed by atoms with Gasteiger partial charge in [0.25, 0.3) is 0 Å². The highest BCUT2D eigenvalue weighted by atomic mass is 79.9. The van der Waals surface area contributed by atoms with Crippen molar-refractivity contribution in [2.75, 3.05) is 18.4 Å². The van der Waals surface area contributed by atoms with Crippen LogP contribution in [-0.4, -0.2) is 32.7 Å². The minimum absolute atomic E-state index is 0.435. The molecule has 1 aliphatic rings. The van der Waals surface area contributed by atoms with E-state index in [0.29, 0.717) is 5.92 Å². The lowest BCUT2D eigenvalue weighted by molar-refractivity contribution is 0.455. The van der Waals surface area contributed by atoms with Crippen LogP contribution in [0.3, 0.4) is 0 Å². The molecular weight excluding hydrogens is 356 g/mol. The molecule has 0 amide bonds. The zero-order valence-corrected chi connectivity index (χ0v) is 14.1. The average Bonchev–Trinajstić information content (AvgIpc) is 2.98. The molecule has 2 N–H and O–H groups in total. The molecule has 6 nitrogen and oxygen atoms in total. The van der Waals surface area contributed by atoms with Crippen LogP contribution in [0.5, 0.6) is 0 Å². The maximum absolute atomic E-state index is 4.82. The molecule has 1 atom stereocenters. The number of nitrogens with one attached hydrogen (secondary N) is 2. The Morgan fingerprint density at radius 3 is 3.09 bits per heavy atom. The summed E-state index contributed by atoms with van der Waals surface area (Å²) in [5.41, 5.74) is 2.86. The number of hydrogen-bond acceptors (Lipinski definition) is 5. The molecule has 0 spiro atoms. The number of pyridine rings is 1. The van der Waals surface area contributed by atoms with Gasteiger partial charge in [0.15, 0.2) is 5.65 Å². The topological polar surface area (TPSA) is 67.1 Å². The van der Waals surface area contributed by atoms with Gasteiger partial charge in [0, 0.05) is 24.7 Å². The highest BCUT2D eigenvalue weighted by Gasteiger charge is 2.19. The van der Waals surface area contributed by atoms with Crippen molar-refractivity contribution in [2.45, 2.75) is 18.8 Å². The molecule has 1 unspecified atom stereocenters. The molecule has 0 saturated carbocycles. The van der Waals surface area contributed by atoms with Crippen LogP contribution in [0, 0.1) is 0 Å². The van der Waals surface area contributed by atoms with Crippen LogP contribution in [0.2, 0.25) is 0 Å². The first-order valence-corrected chi connectivity index (χ1v) is 8.52. The first kappa shape index (κ1) is 14.6. The molecule has 4 rings (SSSR count). The lowest BCUT2D eigenvalue weighted by Crippen LogP contribution is -2.29. The van der Waals surface area contributed by atoms with E-state index in [-0.39, 0.29) is 0 Å². The fourth-order valence-electron chi connectivity index (χ4n) is 2.94. The second-order valence-corrected chi connectivity index (χ2v) is 6.56. The minimum atomic E-state index is 0.435. The van der Waals surface area contributed by atoms with Gasteiger partial charge in [-0.1, -0.05) is 0 Å². The number of rotatable bonds is 3. The molecule has 0 aromatic carbocycles. The molecule has 118 valence electrons. The Hall–Kier alpha value is -1.99. The highest BCUT2D eigenvalue weighted by molar-refractivity contribution is 9.10. The van der Waals surface area contributed by atoms with Crippen LogP contribution in [0.15, 0.2) is 41.3 Å². The van der Waals surface area contributed by atoms with Gasteiger partial charge in [0.2, 0.25) is 0 Å². The molecule has 0 aliphatic carbocycles. The summed E-state index contributed by atoms with van der Waals surface area (Å²) in [5.74, 6) is 1.33. The third-order valence-electron chi connectivity index (χ3n) is 4.10. The monoisotopic (exact) mass is 372 g/mol. The van der Waals surface area contributed by atoms with Crippen LogP contribution in [-0.2, 0) is 0 Å². The van der Waals surface area contributed by atoms with Crippen LogP contribution in [0.4, 0.5) is 11.5 Å². The lowest BCUT2D eigenvalue weighted by atomic mass is 9.96. The van der Waals surface area contributed by atoms with Gasteiger partial charge in [0.1, 0.15) is 5.82 Å². The van der Waals surface area contributed by atoms with Crippen molar-refractivity contribution in [3.05, 3.63) is 47.0 Å². The largest absolute Gasteiger partial charge is 0.339 e. The Morgan fingerprint density at radius 1 is 1.35 bits per heavy atom. The number of anilines is 2. The number of fused-ring (bicyclic) bond motifs is 1. The van der Waals surface area contributed by atoms with E-state index in [1.54, 1.807) is 18.6 Å². The van der Waals surface area contributed by atoms with Gasteiger partial charge >= 0.3 is 0 Å². The van der Waals surface area contributed by atoms with Crippen molar-refractivity contribution >= 4 is 33.1 Å². The SMILES string of the molecule is Brc1cnn2c(Nc3cccnc3)cc(C3CCCNC3)nc12. The molecule has 1 aliphatic heterocycles. The number of piperidine rings is 1. The van der Waals surface area contributed by atoms with E-state index < -0.39 is 0 Å². The van der Waals surface area contributed by atoms with E-state index in [9.17, 15) is 0 Å². The van der Waals surface area contributed by atoms with E-state index in [4.69, 9.17) is 4.98 Å². The van der Waals surface area contributed by atoms with Crippen molar-refractivity contribution in [1.82, 2.24) is 24.9 Å². The van der Waals surface area contributed by atoms with Gasteiger partial charge in [-0.2, -0.15) is 9.61 Å². The van der Waals surface area contributed by atoms with Crippen LogP contribution >= 0.6 is 15.9 Å². The van der Waals surface area contributed by atoms with Gasteiger partial charge in [-0.15, -0.1) is 0 Å². The molecule has 7 heteroatoms. The predicted molar refractivity (Wildman–Crippen MR) is 93.1 cm³/mol. The van der Waals surface area contributed by atoms with Crippen molar-refractivity contribution in [3.8, 4) is 0 Å². The summed E-state index contributed by atoms with van der Waals surface area (Å²) in [5, 5.41) is 11.3. The van der Waals surface area contributed by atoms with Crippen molar-refractivity contribution < 1.29 is 0 Å². The third kappa shape index (κ3) is 2.94. The van der Waals surface area contributed by atoms with E-state index in [1.165, 1.54) is 6.42 Å². The van der Waals surface area contributed by atoms with Crippen LogP contribution in [0.25, 0.3) is 5.65 Å². The fraction of sp³-hybridized carbons (Fsp3) is 0.312. The third-order valence-corrected chi connectivity index (χ3v) is 4.66. The summed E-state index contributed by atoms with van der Waals surface area (Å²) < 4.78 is 2.72. The summed E-state index contributed by atoms with van der Waals surface area (Å²) in [6.07, 6.45) is 7.68. The summed E-state index contributed by atoms with van der Waals surface area (Å²) in [4.78, 5) is 8.97. The fourth-order valence-corrected chi connectivity index (χ4v) is 3.29. The normalized spacial score (nSPS) is 18.2. The second kappa shape index (κ2) is 6.25. The number of hydrogen-bond donors (Lipinski definition) is 2. The standard InChI is InChI=1S/C16H17BrN6/c17-13-10-20-23-15(21-12-4-2-6-19-9-12)7-14(22-16(13)23)11-3-1-5-18-8-11/h2,4,6-7,9-11,18,21H,1,3,5,8H2. The van der Waals surface area contributed by atoms with Crippen molar-refractivity contribution in [1.29, 1.82) is 0 Å². The van der Waals surface area contributed by atoms with Crippen molar-refractivity contribution in [3.63, 3.8) is 0 Å². The molecular formula is C16H17BrN6. The molecule has 23 heavy (non-hydrogen) atoms. The first-order chi connectivity index (χ1) is 11.3. The smallest absolute Gasteiger partial charge is 0.171 e. The quantitative estimate of drug-likeness (QED) is 0.739.